The second-order valence-electron chi connectivity index (χ2n) is 8.61. The Bertz CT molecular complexity index is 1050. The van der Waals surface area contributed by atoms with Crippen LogP contribution in [0.4, 0.5) is 0 Å². The van der Waals surface area contributed by atoms with E-state index < -0.39 is 8.07 Å². The highest BCUT2D eigenvalue weighted by Crippen LogP contribution is 2.37. The van der Waals surface area contributed by atoms with E-state index in [-0.39, 0.29) is 0 Å². The molecular formula is C23H28N2Si. The molecule has 1 aromatic carbocycles. The third-order valence-corrected chi connectivity index (χ3v) is 7.32. The van der Waals surface area contributed by atoms with Gasteiger partial charge in [0.15, 0.2) is 0 Å². The van der Waals surface area contributed by atoms with Crippen LogP contribution in [0.15, 0.2) is 42.3 Å². The minimum atomic E-state index is -1.53. The van der Waals surface area contributed by atoms with Gasteiger partial charge in [-0.2, -0.15) is 0 Å². The van der Waals surface area contributed by atoms with Crippen LogP contribution in [0, 0.1) is 6.92 Å². The molecule has 1 aliphatic rings. The van der Waals surface area contributed by atoms with Gasteiger partial charge in [0.05, 0.1) is 13.8 Å². The zero-order chi connectivity index (χ0) is 18.5. The fourth-order valence-corrected chi connectivity index (χ4v) is 5.63. The van der Waals surface area contributed by atoms with Crippen LogP contribution in [0.1, 0.15) is 35.4 Å². The first kappa shape index (κ1) is 17.2. The largest absolute Gasteiger partial charge is 0.354 e. The minimum Gasteiger partial charge on any atom is -0.354 e. The van der Waals surface area contributed by atoms with Crippen molar-refractivity contribution in [2.45, 2.75) is 45.8 Å². The molecule has 0 saturated heterocycles. The lowest BCUT2D eigenvalue weighted by Crippen LogP contribution is -2.23. The number of nitrogens with zero attached hydrogens (tertiary/aromatic N) is 1. The van der Waals surface area contributed by atoms with Crippen molar-refractivity contribution in [3.63, 3.8) is 0 Å². The molecule has 4 rings (SSSR count). The average molecular weight is 361 g/mol. The van der Waals surface area contributed by atoms with E-state index in [1.807, 2.05) is 0 Å². The summed E-state index contributed by atoms with van der Waals surface area (Å²) in [6.07, 6.45) is 5.62. The normalized spacial score (nSPS) is 14.4. The van der Waals surface area contributed by atoms with Gasteiger partial charge < -0.3 is 9.55 Å². The fraction of sp³-hybridized carbons (Fsp3) is 0.348. The molecular weight excluding hydrogens is 332 g/mol. The van der Waals surface area contributed by atoms with Gasteiger partial charge in [0.1, 0.15) is 0 Å². The number of fused-ring (bicyclic) bond motifs is 3. The van der Waals surface area contributed by atoms with Crippen molar-refractivity contribution in [3.05, 3.63) is 64.8 Å². The molecule has 2 aromatic heterocycles. The van der Waals surface area contributed by atoms with Gasteiger partial charge in [0, 0.05) is 40.6 Å². The van der Waals surface area contributed by atoms with Crippen LogP contribution >= 0.6 is 0 Å². The van der Waals surface area contributed by atoms with E-state index in [9.17, 15) is 0 Å². The highest BCUT2D eigenvalue weighted by Gasteiger charge is 2.25. The Kier molecular flexibility index (Phi) is 4.10. The van der Waals surface area contributed by atoms with Gasteiger partial charge in [-0.1, -0.05) is 31.3 Å². The number of rotatable bonds is 2. The molecule has 0 bridgehead atoms. The number of aromatic nitrogens is 2. The number of nitrogens with one attached hydrogen (secondary N) is 1. The monoisotopic (exact) mass is 360 g/mol. The van der Waals surface area contributed by atoms with Gasteiger partial charge in [-0.25, -0.2) is 0 Å². The Morgan fingerprint density at radius 1 is 1.15 bits per heavy atom. The molecule has 26 heavy (non-hydrogen) atoms. The Morgan fingerprint density at radius 2 is 1.96 bits per heavy atom. The highest BCUT2D eigenvalue weighted by molar-refractivity contribution is 6.93. The Labute approximate surface area is 157 Å². The number of aryl methyl sites for hydroxylation is 3. The van der Waals surface area contributed by atoms with Crippen LogP contribution in [0.25, 0.3) is 21.7 Å². The van der Waals surface area contributed by atoms with Crippen molar-refractivity contribution >= 4 is 29.7 Å². The van der Waals surface area contributed by atoms with Gasteiger partial charge in [-0.3, -0.25) is 0 Å². The van der Waals surface area contributed by atoms with Crippen LogP contribution < -0.4 is 0 Å². The number of hydrogen-bond donors (Lipinski definition) is 1. The van der Waals surface area contributed by atoms with Gasteiger partial charge in [0.25, 0.3) is 0 Å². The number of aromatic amines is 1. The van der Waals surface area contributed by atoms with Crippen molar-refractivity contribution in [2.24, 2.45) is 7.05 Å². The summed E-state index contributed by atoms with van der Waals surface area (Å²) in [7, 11) is 0.613. The topological polar surface area (TPSA) is 20.7 Å². The molecule has 1 aliphatic carbocycles. The molecule has 0 amide bonds. The maximum Gasteiger partial charge on any atom is 0.0903 e. The van der Waals surface area contributed by atoms with Crippen molar-refractivity contribution in [2.75, 3.05) is 0 Å². The molecule has 2 heterocycles. The number of allylic oxidation sites excluding steroid dienone is 1. The smallest absolute Gasteiger partial charge is 0.0903 e. The van der Waals surface area contributed by atoms with E-state index in [0.717, 1.165) is 12.8 Å². The van der Waals surface area contributed by atoms with E-state index in [4.69, 9.17) is 0 Å². The van der Waals surface area contributed by atoms with Crippen LogP contribution in [0.5, 0.6) is 0 Å². The Balaban J connectivity index is 2.00. The maximum atomic E-state index is 3.91. The van der Waals surface area contributed by atoms with E-state index in [0.29, 0.717) is 0 Å². The predicted molar refractivity (Wildman–Crippen MR) is 115 cm³/mol. The first-order chi connectivity index (χ1) is 12.3. The molecule has 3 aromatic rings. The number of hydrogen-bond acceptors (Lipinski definition) is 0. The summed E-state index contributed by atoms with van der Waals surface area (Å²) in [6, 6.07) is 11.1. The molecule has 3 heteroatoms. The van der Waals surface area contributed by atoms with E-state index in [1.165, 1.54) is 50.6 Å². The van der Waals surface area contributed by atoms with Crippen molar-refractivity contribution < 1.29 is 0 Å². The third-order valence-electron chi connectivity index (χ3n) is 5.44. The molecule has 2 nitrogen and oxygen atoms in total. The molecule has 0 aliphatic heterocycles. The van der Waals surface area contributed by atoms with Crippen LogP contribution in [-0.2, 0) is 13.5 Å². The molecule has 0 spiro atoms. The maximum absolute atomic E-state index is 3.91. The second kappa shape index (κ2) is 6.19. The summed E-state index contributed by atoms with van der Waals surface area (Å²) in [6.45, 7) is 9.43. The van der Waals surface area contributed by atoms with Crippen LogP contribution in [0.2, 0.25) is 19.6 Å². The molecule has 1 N–H and O–H groups in total. The van der Waals surface area contributed by atoms with E-state index in [2.05, 4.69) is 85.4 Å². The molecule has 134 valence electrons. The molecule has 0 fully saturated rings. The predicted octanol–water partition coefficient (Wildman–Crippen LogP) is 6.09. The van der Waals surface area contributed by atoms with Gasteiger partial charge in [-0.15, -0.1) is 5.73 Å². The number of H-pyrrole nitrogens is 1. The van der Waals surface area contributed by atoms with Crippen molar-refractivity contribution in [3.8, 4) is 0 Å². The van der Waals surface area contributed by atoms with Gasteiger partial charge in [-0.05, 0) is 56.0 Å². The zero-order valence-electron chi connectivity index (χ0n) is 16.5. The summed E-state index contributed by atoms with van der Waals surface area (Å²) >= 11 is 0. The standard InChI is InChI=1S/C23H28N2Si/c1-16-11-12-20-19(14-16)18-9-6-8-17(23(18)24-20)15-22(26(3,4)5)21-10-7-13-25(21)2/h7,10-14,24H,6,8-9H2,1-5H3. The zero-order valence-corrected chi connectivity index (χ0v) is 17.5. The molecule has 0 unspecified atom stereocenters. The Morgan fingerprint density at radius 3 is 2.65 bits per heavy atom. The lowest BCUT2D eigenvalue weighted by atomic mass is 9.91. The number of benzene rings is 1. The molecule has 0 atom stereocenters. The fourth-order valence-electron chi connectivity index (χ4n) is 4.08. The van der Waals surface area contributed by atoms with Crippen molar-refractivity contribution in [1.29, 1.82) is 0 Å². The lowest BCUT2D eigenvalue weighted by Gasteiger charge is -2.21. The summed E-state index contributed by atoms with van der Waals surface area (Å²) < 4.78 is 2.24. The molecule has 0 radical (unpaired) electrons. The van der Waals surface area contributed by atoms with E-state index in [1.54, 1.807) is 0 Å². The first-order valence-corrected chi connectivity index (χ1v) is 13.1. The van der Waals surface area contributed by atoms with Gasteiger partial charge in [0.2, 0.25) is 0 Å². The Hall–Kier alpha value is -2.22. The summed E-state index contributed by atoms with van der Waals surface area (Å²) in [5.41, 5.74) is 12.0. The summed E-state index contributed by atoms with van der Waals surface area (Å²) in [4.78, 5) is 3.71. The van der Waals surface area contributed by atoms with Crippen LogP contribution in [0.3, 0.4) is 0 Å². The first-order valence-electron chi connectivity index (χ1n) is 9.58. The average Bonchev–Trinajstić information content (AvgIpc) is 3.15. The lowest BCUT2D eigenvalue weighted by molar-refractivity contribution is 0.824. The van der Waals surface area contributed by atoms with E-state index >= 15 is 0 Å². The van der Waals surface area contributed by atoms with Crippen LogP contribution in [-0.4, -0.2) is 17.6 Å². The van der Waals surface area contributed by atoms with Gasteiger partial charge >= 0.3 is 0 Å². The highest BCUT2D eigenvalue weighted by atomic mass is 28.3. The SMILES string of the molecule is Cc1ccc2[nH]c3c(c2c1)CCCC3=C=C(c1cccn1C)[Si](C)(C)C. The third kappa shape index (κ3) is 2.92. The quantitative estimate of drug-likeness (QED) is 0.421. The summed E-state index contributed by atoms with van der Waals surface area (Å²) in [5, 5.41) is 2.81. The van der Waals surface area contributed by atoms with Crippen molar-refractivity contribution in [1.82, 2.24) is 9.55 Å². The second-order valence-corrected chi connectivity index (χ2v) is 13.6. The molecule has 0 saturated carbocycles. The summed E-state index contributed by atoms with van der Waals surface area (Å²) in [5.74, 6) is 0. The minimum absolute atomic E-state index is 1.11.